The Bertz CT molecular complexity index is 1260. The first-order valence-corrected chi connectivity index (χ1v) is 9.37. The van der Waals surface area contributed by atoms with Crippen LogP contribution in [0.4, 0.5) is 13.6 Å². The number of carbonyl (C=O) groups is 1. The summed E-state index contributed by atoms with van der Waals surface area (Å²) in [7, 11) is 0. The van der Waals surface area contributed by atoms with Gasteiger partial charge in [-0.2, -0.15) is 0 Å². The topological polar surface area (TPSA) is 69.8 Å². The summed E-state index contributed by atoms with van der Waals surface area (Å²) >= 11 is 0. The Kier molecular flexibility index (Phi) is 4.28. The molecule has 0 aliphatic carbocycles. The highest BCUT2D eigenvalue weighted by Gasteiger charge is 2.32. The lowest BCUT2D eigenvalue weighted by Crippen LogP contribution is -2.43. The van der Waals surface area contributed by atoms with Gasteiger partial charge in [0.15, 0.2) is 11.6 Å². The molecule has 148 valence electrons. The minimum absolute atomic E-state index is 0.410. The standard InChI is InChI=1S/C23H16F2N4O/c24-15-11-10-14(12-16(15)25)21-19(22-26-17-8-4-5-9-18(17)27-22)20(28-23(30)29-21)13-6-2-1-3-7-13/h1-12,21H,(H,26,27)(H2,28,29,30)/t21-/m1/s1. The van der Waals surface area contributed by atoms with Crippen molar-refractivity contribution < 1.29 is 13.6 Å². The van der Waals surface area contributed by atoms with Crippen LogP contribution in [0.1, 0.15) is 23.0 Å². The van der Waals surface area contributed by atoms with Crippen LogP contribution in [-0.4, -0.2) is 16.0 Å². The van der Waals surface area contributed by atoms with Gasteiger partial charge in [0, 0.05) is 5.57 Å². The fourth-order valence-corrected chi connectivity index (χ4v) is 3.67. The maximum Gasteiger partial charge on any atom is 0.320 e. The first kappa shape index (κ1) is 18.1. The summed E-state index contributed by atoms with van der Waals surface area (Å²) in [5.41, 5.74) is 3.95. The molecule has 1 aliphatic rings. The molecule has 5 rings (SSSR count). The summed E-state index contributed by atoms with van der Waals surface area (Å²) in [5.74, 6) is -1.40. The largest absolute Gasteiger partial charge is 0.338 e. The van der Waals surface area contributed by atoms with Crippen LogP contribution in [0.5, 0.6) is 0 Å². The number of amides is 2. The highest BCUT2D eigenvalue weighted by atomic mass is 19.2. The van der Waals surface area contributed by atoms with E-state index in [2.05, 4.69) is 20.6 Å². The van der Waals surface area contributed by atoms with Gasteiger partial charge in [-0.05, 0) is 35.4 Å². The van der Waals surface area contributed by atoms with Gasteiger partial charge < -0.3 is 15.6 Å². The second-order valence-corrected chi connectivity index (χ2v) is 6.96. The van der Waals surface area contributed by atoms with Crippen molar-refractivity contribution in [2.45, 2.75) is 6.04 Å². The van der Waals surface area contributed by atoms with E-state index in [0.717, 1.165) is 28.7 Å². The minimum Gasteiger partial charge on any atom is -0.338 e. The van der Waals surface area contributed by atoms with E-state index >= 15 is 0 Å². The number of hydrogen-bond donors (Lipinski definition) is 3. The molecule has 4 aromatic rings. The number of nitrogens with zero attached hydrogens (tertiary/aromatic N) is 1. The molecule has 0 saturated heterocycles. The summed E-state index contributed by atoms with van der Waals surface area (Å²) in [6.07, 6.45) is 0. The van der Waals surface area contributed by atoms with Crippen LogP contribution in [-0.2, 0) is 0 Å². The number of H-pyrrole nitrogens is 1. The van der Waals surface area contributed by atoms with Gasteiger partial charge in [-0.1, -0.05) is 48.5 Å². The molecule has 2 amide bonds. The first-order chi connectivity index (χ1) is 14.6. The third-order valence-electron chi connectivity index (χ3n) is 5.06. The Morgan fingerprint density at radius 2 is 1.63 bits per heavy atom. The zero-order valence-corrected chi connectivity index (χ0v) is 15.6. The van der Waals surface area contributed by atoms with E-state index in [1.807, 2.05) is 54.6 Å². The van der Waals surface area contributed by atoms with Crippen molar-refractivity contribution in [2.24, 2.45) is 0 Å². The number of para-hydroxylation sites is 2. The van der Waals surface area contributed by atoms with Gasteiger partial charge in [-0.15, -0.1) is 0 Å². The van der Waals surface area contributed by atoms with Crippen molar-refractivity contribution in [1.29, 1.82) is 0 Å². The Morgan fingerprint density at radius 3 is 2.40 bits per heavy atom. The molecule has 7 heteroatoms. The van der Waals surface area contributed by atoms with Crippen LogP contribution in [0.2, 0.25) is 0 Å². The first-order valence-electron chi connectivity index (χ1n) is 9.37. The summed E-state index contributed by atoms with van der Waals surface area (Å²) in [5, 5.41) is 5.67. The van der Waals surface area contributed by atoms with Gasteiger partial charge in [0.1, 0.15) is 5.82 Å². The molecule has 0 spiro atoms. The normalized spacial score (nSPS) is 16.5. The quantitative estimate of drug-likeness (QED) is 0.462. The molecule has 5 nitrogen and oxygen atoms in total. The number of halogens is 2. The number of rotatable bonds is 3. The van der Waals surface area contributed by atoms with Crippen LogP contribution >= 0.6 is 0 Å². The van der Waals surface area contributed by atoms with Gasteiger partial charge in [-0.3, -0.25) is 0 Å². The molecule has 1 aliphatic heterocycles. The van der Waals surface area contributed by atoms with Crippen LogP contribution in [0.3, 0.4) is 0 Å². The van der Waals surface area contributed by atoms with Gasteiger partial charge >= 0.3 is 6.03 Å². The molecule has 3 N–H and O–H groups in total. The molecular formula is C23H16F2N4O. The molecule has 3 aromatic carbocycles. The molecule has 0 unspecified atom stereocenters. The maximum absolute atomic E-state index is 14.0. The molecule has 2 heterocycles. The molecule has 0 bridgehead atoms. The Hall–Kier alpha value is -4.00. The van der Waals surface area contributed by atoms with Crippen molar-refractivity contribution in [3.05, 3.63) is 101 Å². The average molecular weight is 402 g/mol. The van der Waals surface area contributed by atoms with Crippen molar-refractivity contribution >= 4 is 28.3 Å². The number of imidazole rings is 1. The van der Waals surface area contributed by atoms with Crippen LogP contribution < -0.4 is 10.6 Å². The van der Waals surface area contributed by atoms with Gasteiger partial charge in [0.2, 0.25) is 0 Å². The van der Waals surface area contributed by atoms with Gasteiger partial charge in [-0.25, -0.2) is 18.6 Å². The van der Waals surface area contributed by atoms with Crippen molar-refractivity contribution in [3.63, 3.8) is 0 Å². The second kappa shape index (κ2) is 7.11. The van der Waals surface area contributed by atoms with Crippen molar-refractivity contribution in [1.82, 2.24) is 20.6 Å². The van der Waals surface area contributed by atoms with E-state index in [1.165, 1.54) is 6.07 Å². The SMILES string of the molecule is O=C1NC(c2ccccc2)=C(c2nc3ccccc3[nH]2)[C@@H](c2ccc(F)c(F)c2)N1. The maximum atomic E-state index is 14.0. The lowest BCUT2D eigenvalue weighted by atomic mass is 9.92. The highest BCUT2D eigenvalue weighted by Crippen LogP contribution is 2.37. The highest BCUT2D eigenvalue weighted by molar-refractivity contribution is 6.02. The predicted molar refractivity (Wildman–Crippen MR) is 110 cm³/mol. The molecule has 1 aromatic heterocycles. The van der Waals surface area contributed by atoms with E-state index in [0.29, 0.717) is 22.7 Å². The van der Waals surface area contributed by atoms with Crippen LogP contribution in [0, 0.1) is 11.6 Å². The van der Waals surface area contributed by atoms with Crippen molar-refractivity contribution in [3.8, 4) is 0 Å². The monoisotopic (exact) mass is 402 g/mol. The Balaban J connectivity index is 1.77. The lowest BCUT2D eigenvalue weighted by Gasteiger charge is -2.30. The fraction of sp³-hybridized carbons (Fsp3) is 0.0435. The fourth-order valence-electron chi connectivity index (χ4n) is 3.67. The van der Waals surface area contributed by atoms with E-state index < -0.39 is 23.7 Å². The predicted octanol–water partition coefficient (Wildman–Crippen LogP) is 4.76. The number of benzene rings is 3. The van der Waals surface area contributed by atoms with Gasteiger partial charge in [0.25, 0.3) is 0 Å². The third-order valence-corrected chi connectivity index (χ3v) is 5.06. The van der Waals surface area contributed by atoms with E-state index in [4.69, 9.17) is 0 Å². The summed E-state index contributed by atoms with van der Waals surface area (Å²) < 4.78 is 27.5. The Morgan fingerprint density at radius 1 is 0.867 bits per heavy atom. The summed E-state index contributed by atoms with van der Waals surface area (Å²) in [4.78, 5) is 20.4. The molecule has 1 atom stereocenters. The second-order valence-electron chi connectivity index (χ2n) is 6.96. The van der Waals surface area contributed by atoms with Crippen molar-refractivity contribution in [2.75, 3.05) is 0 Å². The minimum atomic E-state index is -0.981. The molecule has 30 heavy (non-hydrogen) atoms. The Labute approximate surface area is 170 Å². The van der Waals surface area contributed by atoms with Crippen LogP contribution in [0.15, 0.2) is 72.8 Å². The number of fused-ring (bicyclic) bond motifs is 1. The zero-order chi connectivity index (χ0) is 20.7. The van der Waals surface area contributed by atoms with E-state index in [-0.39, 0.29) is 0 Å². The van der Waals surface area contributed by atoms with Gasteiger partial charge in [0.05, 0.1) is 22.8 Å². The van der Waals surface area contributed by atoms with E-state index in [1.54, 1.807) is 0 Å². The average Bonchev–Trinajstić information content (AvgIpc) is 3.19. The lowest BCUT2D eigenvalue weighted by molar-refractivity contribution is 0.242. The molecule has 0 fully saturated rings. The summed E-state index contributed by atoms with van der Waals surface area (Å²) in [6.45, 7) is 0. The molecular weight excluding hydrogens is 386 g/mol. The number of urea groups is 1. The van der Waals surface area contributed by atoms with E-state index in [9.17, 15) is 13.6 Å². The number of aromatic amines is 1. The smallest absolute Gasteiger partial charge is 0.320 e. The summed E-state index contributed by atoms with van der Waals surface area (Å²) in [6, 6.07) is 19.3. The van der Waals surface area contributed by atoms with Crippen LogP contribution in [0.25, 0.3) is 22.3 Å². The number of hydrogen-bond acceptors (Lipinski definition) is 2. The zero-order valence-electron chi connectivity index (χ0n) is 15.6. The number of aromatic nitrogens is 2. The molecule has 0 saturated carbocycles. The number of carbonyl (C=O) groups excluding carboxylic acids is 1. The number of nitrogens with one attached hydrogen (secondary N) is 3. The molecule has 0 radical (unpaired) electrons. The third kappa shape index (κ3) is 3.10.